The van der Waals surface area contributed by atoms with Crippen LogP contribution in [0.25, 0.3) is 11.3 Å². The summed E-state index contributed by atoms with van der Waals surface area (Å²) >= 11 is 0. The molecule has 7 nitrogen and oxygen atoms in total. The Morgan fingerprint density at radius 3 is 1.91 bits per heavy atom. The smallest absolute Gasteiger partial charge is 0.343 e. The summed E-state index contributed by atoms with van der Waals surface area (Å²) in [4.78, 5) is -1.12. The Morgan fingerprint density at radius 1 is 0.939 bits per heavy atom. The van der Waals surface area contributed by atoms with Gasteiger partial charge in [-0.05, 0) is 56.9 Å². The molecule has 0 amide bonds. The highest BCUT2D eigenvalue weighted by Crippen LogP contribution is 2.39. The minimum absolute atomic E-state index is 0.0132. The second-order valence-corrected chi connectivity index (χ2v) is 13.4. The highest BCUT2D eigenvalue weighted by molar-refractivity contribution is 7.89. The highest BCUT2D eigenvalue weighted by Gasteiger charge is 2.39. The summed E-state index contributed by atoms with van der Waals surface area (Å²) in [6, 6.07) is 4.05. The van der Waals surface area contributed by atoms with Crippen molar-refractivity contribution < 1.29 is 30.0 Å². The lowest BCUT2D eigenvalue weighted by atomic mass is 9.96. The fourth-order valence-corrected chi connectivity index (χ4v) is 5.85. The first-order valence-corrected chi connectivity index (χ1v) is 13.0. The molecule has 12 heteroatoms. The van der Waals surface area contributed by atoms with E-state index in [-0.39, 0.29) is 33.8 Å². The minimum Gasteiger partial charge on any atom is -0.343 e. The van der Waals surface area contributed by atoms with Gasteiger partial charge in [0, 0.05) is 23.5 Å². The number of benzene rings is 1. The van der Waals surface area contributed by atoms with Crippen LogP contribution in [0.15, 0.2) is 34.1 Å². The molecule has 0 aliphatic rings. The number of nitrogens with one attached hydrogen (secondary N) is 1. The number of sulfonamides is 2. The van der Waals surface area contributed by atoms with Crippen LogP contribution >= 0.6 is 0 Å². The Bertz CT molecular complexity index is 1270. The van der Waals surface area contributed by atoms with E-state index in [2.05, 4.69) is 4.72 Å². The van der Waals surface area contributed by atoms with Crippen molar-refractivity contribution in [1.29, 1.82) is 0 Å². The zero-order chi connectivity index (χ0) is 25.8. The number of primary sulfonamides is 1. The third-order valence-corrected chi connectivity index (χ3v) is 7.41. The van der Waals surface area contributed by atoms with Crippen LogP contribution in [0.1, 0.15) is 52.8 Å². The molecule has 0 radical (unpaired) electrons. The molecule has 0 atom stereocenters. The van der Waals surface area contributed by atoms with Crippen molar-refractivity contribution in [3.63, 3.8) is 0 Å². The molecule has 3 N–H and O–H groups in total. The van der Waals surface area contributed by atoms with Crippen LogP contribution in [-0.2, 0) is 32.8 Å². The number of aromatic nitrogens is 1. The summed E-state index contributed by atoms with van der Waals surface area (Å²) in [6.07, 6.45) is -4.97. The number of halogens is 3. The predicted molar refractivity (Wildman–Crippen MR) is 121 cm³/mol. The van der Waals surface area contributed by atoms with Gasteiger partial charge in [-0.2, -0.15) is 13.2 Å². The van der Waals surface area contributed by atoms with E-state index in [1.807, 2.05) is 20.8 Å². The highest BCUT2D eigenvalue weighted by atomic mass is 32.2. The average molecular weight is 510 g/mol. The zero-order valence-electron chi connectivity index (χ0n) is 19.6. The van der Waals surface area contributed by atoms with Crippen molar-refractivity contribution in [1.82, 2.24) is 9.29 Å². The quantitative estimate of drug-likeness (QED) is 0.628. The van der Waals surface area contributed by atoms with Crippen molar-refractivity contribution in [2.45, 2.75) is 76.5 Å². The van der Waals surface area contributed by atoms with Crippen LogP contribution in [0.4, 0.5) is 13.2 Å². The van der Waals surface area contributed by atoms with Gasteiger partial charge in [-0.1, -0.05) is 26.8 Å². The molecule has 0 saturated heterocycles. The van der Waals surface area contributed by atoms with E-state index in [0.717, 1.165) is 12.1 Å². The fraction of sp³-hybridized carbons (Fsp3) is 0.524. The van der Waals surface area contributed by atoms with Crippen LogP contribution in [0.3, 0.4) is 0 Å². The summed E-state index contributed by atoms with van der Waals surface area (Å²) in [5, 5.41) is 5.31. The number of rotatable bonds is 5. The number of hydrogen-bond acceptors (Lipinski definition) is 4. The maximum absolute atomic E-state index is 13.9. The fourth-order valence-electron chi connectivity index (χ4n) is 3.43. The summed E-state index contributed by atoms with van der Waals surface area (Å²) in [6.45, 7) is 12.0. The van der Waals surface area contributed by atoms with E-state index in [4.69, 9.17) is 5.14 Å². The van der Waals surface area contributed by atoms with Crippen LogP contribution in [-0.4, -0.2) is 26.9 Å². The second kappa shape index (κ2) is 8.40. The molecule has 1 aromatic carbocycles. The maximum atomic E-state index is 13.9. The molecular formula is C21H30F3N3O4S2. The molecule has 0 fully saturated rings. The first-order valence-electron chi connectivity index (χ1n) is 10.0. The van der Waals surface area contributed by atoms with Crippen LogP contribution < -0.4 is 9.86 Å². The second-order valence-electron chi connectivity index (χ2n) is 10.2. The van der Waals surface area contributed by atoms with Gasteiger partial charge >= 0.3 is 6.18 Å². The van der Waals surface area contributed by atoms with Gasteiger partial charge in [0.05, 0.1) is 10.5 Å². The Labute approximate surface area is 193 Å². The zero-order valence-corrected chi connectivity index (χ0v) is 21.3. The molecule has 0 aliphatic heterocycles. The molecule has 0 bridgehead atoms. The standard InChI is InChI=1S/C21H30F3N3O4S2/c1-13-18(32(25,28)29)11-16(27(13)12-19(2,3)4)14-8-9-17(15(10-14)21(22,23)24)33(30,31)26-20(5,6)7/h8-11,26H,12H2,1-7H3,(H2,25,28,29). The molecule has 186 valence electrons. The first-order chi connectivity index (χ1) is 14.5. The van der Waals surface area contributed by atoms with E-state index >= 15 is 0 Å². The molecule has 0 aliphatic carbocycles. The first kappa shape index (κ1) is 27.4. The molecule has 2 aromatic rings. The van der Waals surface area contributed by atoms with Crippen molar-refractivity contribution >= 4 is 20.0 Å². The normalized spacial score (nSPS) is 14.0. The van der Waals surface area contributed by atoms with Crippen molar-refractivity contribution in [2.24, 2.45) is 10.6 Å². The lowest BCUT2D eigenvalue weighted by molar-refractivity contribution is -0.139. The van der Waals surface area contributed by atoms with Gasteiger partial charge in [0.1, 0.15) is 4.90 Å². The van der Waals surface area contributed by atoms with Gasteiger partial charge in [0.15, 0.2) is 0 Å². The Kier molecular flexibility index (Phi) is 6.96. The van der Waals surface area contributed by atoms with Gasteiger partial charge in [0.25, 0.3) is 0 Å². The largest absolute Gasteiger partial charge is 0.417 e. The van der Waals surface area contributed by atoms with Crippen LogP contribution in [0, 0.1) is 12.3 Å². The molecule has 1 heterocycles. The SMILES string of the molecule is Cc1c(S(N)(=O)=O)cc(-c2ccc(S(=O)(=O)NC(C)(C)C)c(C(F)(F)F)c2)n1CC(C)(C)C. The van der Waals surface area contributed by atoms with Crippen molar-refractivity contribution in [3.8, 4) is 11.3 Å². The van der Waals surface area contributed by atoms with Gasteiger partial charge in [-0.15, -0.1) is 0 Å². The monoisotopic (exact) mass is 509 g/mol. The van der Waals surface area contributed by atoms with E-state index < -0.39 is 42.2 Å². The van der Waals surface area contributed by atoms with E-state index in [9.17, 15) is 30.0 Å². The minimum atomic E-state index is -4.97. The number of nitrogens with zero attached hydrogens (tertiary/aromatic N) is 1. The van der Waals surface area contributed by atoms with Crippen LogP contribution in [0.2, 0.25) is 0 Å². The van der Waals surface area contributed by atoms with Gasteiger partial charge in [0.2, 0.25) is 20.0 Å². The third-order valence-electron chi connectivity index (χ3n) is 4.57. The topological polar surface area (TPSA) is 111 Å². The van der Waals surface area contributed by atoms with Gasteiger partial charge < -0.3 is 4.57 Å². The van der Waals surface area contributed by atoms with E-state index in [0.29, 0.717) is 0 Å². The number of alkyl halides is 3. The molecule has 0 saturated carbocycles. The molecular weight excluding hydrogens is 479 g/mol. The summed E-state index contributed by atoms with van der Waals surface area (Å²) in [5.74, 6) is 0. The Balaban J connectivity index is 2.84. The lowest BCUT2D eigenvalue weighted by Gasteiger charge is -2.24. The van der Waals surface area contributed by atoms with Crippen molar-refractivity contribution in [2.75, 3.05) is 0 Å². The molecule has 1 aromatic heterocycles. The summed E-state index contributed by atoms with van der Waals surface area (Å²) < 4.78 is 95.1. The van der Waals surface area contributed by atoms with Crippen LogP contribution in [0.5, 0.6) is 0 Å². The van der Waals surface area contributed by atoms with E-state index in [1.54, 1.807) is 4.57 Å². The maximum Gasteiger partial charge on any atom is 0.417 e. The summed E-state index contributed by atoms with van der Waals surface area (Å²) in [7, 11) is -8.63. The lowest BCUT2D eigenvalue weighted by Crippen LogP contribution is -2.41. The van der Waals surface area contributed by atoms with Gasteiger partial charge in [-0.3, -0.25) is 0 Å². The number of hydrogen-bond donors (Lipinski definition) is 2. The Hall–Kier alpha value is -1.89. The molecule has 0 unspecified atom stereocenters. The predicted octanol–water partition coefficient (Wildman–Crippen LogP) is 4.25. The average Bonchev–Trinajstić information content (AvgIpc) is 2.86. The molecule has 2 rings (SSSR count). The number of nitrogens with two attached hydrogens (primary N) is 1. The van der Waals surface area contributed by atoms with Crippen molar-refractivity contribution in [3.05, 3.63) is 35.5 Å². The van der Waals surface area contributed by atoms with E-state index in [1.165, 1.54) is 39.8 Å². The summed E-state index contributed by atoms with van der Waals surface area (Å²) in [5.41, 5.74) is -2.22. The Morgan fingerprint density at radius 2 is 1.48 bits per heavy atom. The molecule has 33 heavy (non-hydrogen) atoms. The molecule has 0 spiro atoms. The third kappa shape index (κ3) is 6.58. The van der Waals surface area contributed by atoms with Gasteiger partial charge in [-0.25, -0.2) is 26.7 Å².